The predicted molar refractivity (Wildman–Crippen MR) is 110 cm³/mol. The van der Waals surface area contributed by atoms with Crippen LogP contribution in [0.3, 0.4) is 0 Å². The second-order valence-corrected chi connectivity index (χ2v) is 9.97. The predicted octanol–water partition coefficient (Wildman–Crippen LogP) is 4.20. The van der Waals surface area contributed by atoms with E-state index in [0.717, 1.165) is 24.6 Å². The van der Waals surface area contributed by atoms with Crippen molar-refractivity contribution in [2.45, 2.75) is 43.4 Å². The van der Waals surface area contributed by atoms with Crippen LogP contribution in [0.4, 0.5) is 5.69 Å². The van der Waals surface area contributed by atoms with Crippen molar-refractivity contribution in [3.63, 3.8) is 0 Å². The summed E-state index contributed by atoms with van der Waals surface area (Å²) in [5.74, 6) is 1.14. The van der Waals surface area contributed by atoms with Crippen LogP contribution < -0.4 is 4.72 Å². The highest BCUT2D eigenvalue weighted by Crippen LogP contribution is 2.58. The van der Waals surface area contributed by atoms with Crippen LogP contribution in [0.5, 0.6) is 0 Å². The second-order valence-electron chi connectivity index (χ2n) is 8.29. The molecule has 1 saturated carbocycles. The maximum atomic E-state index is 12.7. The van der Waals surface area contributed by atoms with E-state index in [1.807, 2.05) is 24.3 Å². The summed E-state index contributed by atoms with van der Waals surface area (Å²) < 4.78 is 28.0. The number of likely N-dealkylation sites (tertiary alicyclic amines) is 1. The molecule has 0 aromatic heterocycles. The van der Waals surface area contributed by atoms with Crippen LogP contribution >= 0.6 is 0 Å². The molecule has 0 bridgehead atoms. The molecule has 27 heavy (non-hydrogen) atoms. The van der Waals surface area contributed by atoms with E-state index in [2.05, 4.69) is 42.5 Å². The van der Waals surface area contributed by atoms with Gasteiger partial charge in [-0.3, -0.25) is 4.72 Å². The summed E-state index contributed by atoms with van der Waals surface area (Å²) in [6, 6.07) is 15.1. The standard InChI is InChI=1S/C22H28N2O2S/c1-4-24-14-19-13-22(19,15-24)18-7-9-20(10-8-18)23-27(25,26)21-11-5-17(6-12-21)16(2)3/h5-12,16,19,23H,4,13-15H2,1-3H3. The zero-order chi connectivity index (χ0) is 19.2. The summed E-state index contributed by atoms with van der Waals surface area (Å²) in [5.41, 5.74) is 3.40. The summed E-state index contributed by atoms with van der Waals surface area (Å²) in [4.78, 5) is 2.80. The maximum Gasteiger partial charge on any atom is 0.261 e. The molecule has 2 fully saturated rings. The first kappa shape index (κ1) is 18.5. The molecule has 2 atom stereocenters. The quantitative estimate of drug-likeness (QED) is 0.812. The van der Waals surface area contributed by atoms with Gasteiger partial charge in [-0.05, 0) is 60.2 Å². The van der Waals surface area contributed by atoms with Gasteiger partial charge in [-0.2, -0.15) is 0 Å². The van der Waals surface area contributed by atoms with Crippen molar-refractivity contribution >= 4 is 15.7 Å². The van der Waals surface area contributed by atoms with Crippen molar-refractivity contribution in [3.8, 4) is 0 Å². The molecule has 1 saturated heterocycles. The molecule has 0 amide bonds. The summed E-state index contributed by atoms with van der Waals surface area (Å²) in [7, 11) is -3.56. The third kappa shape index (κ3) is 3.39. The number of piperidine rings is 1. The Labute approximate surface area is 162 Å². The first-order valence-corrected chi connectivity index (χ1v) is 11.3. The van der Waals surface area contributed by atoms with Gasteiger partial charge in [-0.15, -0.1) is 0 Å². The van der Waals surface area contributed by atoms with E-state index in [-0.39, 0.29) is 0 Å². The number of hydrogen-bond acceptors (Lipinski definition) is 3. The van der Waals surface area contributed by atoms with Gasteiger partial charge in [0.1, 0.15) is 0 Å². The molecular weight excluding hydrogens is 356 g/mol. The zero-order valence-electron chi connectivity index (χ0n) is 16.3. The largest absolute Gasteiger partial charge is 0.302 e. The number of nitrogens with one attached hydrogen (secondary N) is 1. The minimum Gasteiger partial charge on any atom is -0.302 e. The molecule has 1 N–H and O–H groups in total. The molecule has 2 aromatic carbocycles. The third-order valence-electron chi connectivity index (χ3n) is 6.23. The fraction of sp³-hybridized carbons (Fsp3) is 0.455. The van der Waals surface area contributed by atoms with Crippen LogP contribution in [-0.2, 0) is 15.4 Å². The summed E-state index contributed by atoms with van der Waals surface area (Å²) >= 11 is 0. The number of sulfonamides is 1. The van der Waals surface area contributed by atoms with Crippen molar-refractivity contribution in [2.75, 3.05) is 24.4 Å². The first-order chi connectivity index (χ1) is 12.8. The third-order valence-corrected chi connectivity index (χ3v) is 7.63. The van der Waals surface area contributed by atoms with Gasteiger partial charge in [0.25, 0.3) is 10.0 Å². The van der Waals surface area contributed by atoms with E-state index in [9.17, 15) is 8.42 Å². The monoisotopic (exact) mass is 384 g/mol. The van der Waals surface area contributed by atoms with E-state index in [4.69, 9.17) is 0 Å². The minimum atomic E-state index is -3.56. The smallest absolute Gasteiger partial charge is 0.261 e. The average Bonchev–Trinajstić information content (AvgIpc) is 3.23. The van der Waals surface area contributed by atoms with Gasteiger partial charge in [0.15, 0.2) is 0 Å². The van der Waals surface area contributed by atoms with E-state index in [0.29, 0.717) is 21.9 Å². The molecule has 4 nitrogen and oxygen atoms in total. The molecule has 1 aliphatic heterocycles. The Bertz CT molecular complexity index is 920. The number of nitrogens with zero attached hydrogens (tertiary/aromatic N) is 1. The maximum absolute atomic E-state index is 12.7. The summed E-state index contributed by atoms with van der Waals surface area (Å²) in [6.07, 6.45) is 1.26. The molecule has 144 valence electrons. The number of rotatable bonds is 6. The molecule has 0 radical (unpaired) electrons. The van der Waals surface area contributed by atoms with Crippen LogP contribution in [0, 0.1) is 5.92 Å². The number of hydrogen-bond donors (Lipinski definition) is 1. The SMILES string of the molecule is CCN1CC2CC2(c2ccc(NS(=O)(=O)c3ccc(C(C)C)cc3)cc2)C1. The molecule has 1 aliphatic carbocycles. The first-order valence-electron chi connectivity index (χ1n) is 9.80. The van der Waals surface area contributed by atoms with Gasteiger partial charge in [-0.25, -0.2) is 8.42 Å². The molecule has 2 aromatic rings. The molecule has 2 unspecified atom stereocenters. The zero-order valence-corrected chi connectivity index (χ0v) is 17.1. The Kier molecular flexibility index (Phi) is 4.55. The molecule has 2 aliphatic rings. The van der Waals surface area contributed by atoms with E-state index in [1.165, 1.54) is 18.5 Å². The highest BCUT2D eigenvalue weighted by Gasteiger charge is 2.60. The summed E-state index contributed by atoms with van der Waals surface area (Å²) in [6.45, 7) is 9.82. The van der Waals surface area contributed by atoms with Gasteiger partial charge >= 0.3 is 0 Å². The molecule has 0 spiro atoms. The Balaban J connectivity index is 1.48. The Hall–Kier alpha value is -1.85. The Morgan fingerprint density at radius 2 is 1.78 bits per heavy atom. The number of likely N-dealkylation sites (N-methyl/N-ethyl adjacent to an activating group) is 1. The van der Waals surface area contributed by atoms with Crippen molar-refractivity contribution in [2.24, 2.45) is 5.92 Å². The van der Waals surface area contributed by atoms with Crippen LogP contribution in [-0.4, -0.2) is 33.0 Å². The van der Waals surface area contributed by atoms with Crippen molar-refractivity contribution < 1.29 is 8.42 Å². The molecule has 1 heterocycles. The second kappa shape index (κ2) is 6.64. The molecule has 5 heteroatoms. The Morgan fingerprint density at radius 1 is 1.11 bits per heavy atom. The van der Waals surface area contributed by atoms with Crippen LogP contribution in [0.1, 0.15) is 44.2 Å². The highest BCUT2D eigenvalue weighted by atomic mass is 32.2. The normalized spacial score (nSPS) is 24.8. The van der Waals surface area contributed by atoms with E-state index in [1.54, 1.807) is 12.1 Å². The lowest BCUT2D eigenvalue weighted by molar-refractivity contribution is 0.314. The fourth-order valence-electron chi connectivity index (χ4n) is 4.39. The minimum absolute atomic E-state index is 0.297. The van der Waals surface area contributed by atoms with Crippen molar-refractivity contribution in [1.82, 2.24) is 4.90 Å². The van der Waals surface area contributed by atoms with Gasteiger partial charge < -0.3 is 4.90 Å². The van der Waals surface area contributed by atoms with Crippen LogP contribution in [0.25, 0.3) is 0 Å². The van der Waals surface area contributed by atoms with Crippen LogP contribution in [0.2, 0.25) is 0 Å². The van der Waals surface area contributed by atoms with Gasteiger partial charge in [0.05, 0.1) is 4.90 Å². The lowest BCUT2D eigenvalue weighted by Gasteiger charge is -2.19. The highest BCUT2D eigenvalue weighted by molar-refractivity contribution is 7.92. The van der Waals surface area contributed by atoms with E-state index < -0.39 is 10.0 Å². The number of anilines is 1. The van der Waals surface area contributed by atoms with Crippen molar-refractivity contribution in [3.05, 3.63) is 59.7 Å². The Morgan fingerprint density at radius 3 is 2.33 bits per heavy atom. The fourth-order valence-corrected chi connectivity index (χ4v) is 5.45. The summed E-state index contributed by atoms with van der Waals surface area (Å²) in [5, 5.41) is 0. The van der Waals surface area contributed by atoms with E-state index >= 15 is 0 Å². The number of fused-ring (bicyclic) bond motifs is 1. The van der Waals surface area contributed by atoms with Crippen LogP contribution in [0.15, 0.2) is 53.4 Å². The van der Waals surface area contributed by atoms with Gasteiger partial charge in [0, 0.05) is 24.2 Å². The van der Waals surface area contributed by atoms with Gasteiger partial charge in [0.2, 0.25) is 0 Å². The lowest BCUT2D eigenvalue weighted by atomic mass is 9.95. The topological polar surface area (TPSA) is 49.4 Å². The number of benzene rings is 2. The van der Waals surface area contributed by atoms with Crippen molar-refractivity contribution in [1.29, 1.82) is 0 Å². The van der Waals surface area contributed by atoms with Gasteiger partial charge in [-0.1, -0.05) is 45.0 Å². The average molecular weight is 385 g/mol. The molecular formula is C22H28N2O2S. The molecule has 4 rings (SSSR count). The lowest BCUT2D eigenvalue weighted by Crippen LogP contribution is -2.26.